The smallest absolute Gasteiger partial charge is 0.413 e. The van der Waals surface area contributed by atoms with Gasteiger partial charge in [0.25, 0.3) is 0 Å². The van der Waals surface area contributed by atoms with Gasteiger partial charge in [0.05, 0.1) is 0 Å². The summed E-state index contributed by atoms with van der Waals surface area (Å²) in [6, 6.07) is 0. The topological polar surface area (TPSA) is 69.6 Å². The number of hydrogen-bond donors (Lipinski definition) is 1. The van der Waals surface area contributed by atoms with E-state index < -0.39 is 9.17 Å². The van der Waals surface area contributed by atoms with E-state index in [0.717, 1.165) is 0 Å². The van der Waals surface area contributed by atoms with Crippen molar-refractivity contribution < 1.29 is 18.8 Å². The van der Waals surface area contributed by atoms with Gasteiger partial charge in [0, 0.05) is 13.2 Å². The summed E-state index contributed by atoms with van der Waals surface area (Å²) >= 11 is 0. The zero-order valence-electron chi connectivity index (χ0n) is 5.00. The highest BCUT2D eigenvalue weighted by atomic mass is 28.3. The van der Waals surface area contributed by atoms with Gasteiger partial charge < -0.3 is 18.8 Å². The summed E-state index contributed by atoms with van der Waals surface area (Å²) in [5.74, 6) is 0. The van der Waals surface area contributed by atoms with Crippen LogP contribution in [0.2, 0.25) is 0 Å². The molecule has 0 amide bonds. The van der Waals surface area contributed by atoms with E-state index in [2.05, 4.69) is 4.43 Å². The molecule has 9 heavy (non-hydrogen) atoms. The van der Waals surface area contributed by atoms with Crippen molar-refractivity contribution >= 4 is 9.17 Å². The third-order valence-corrected chi connectivity index (χ3v) is 1.21. The average Bonchev–Trinajstić information content (AvgIpc) is 1.80. The molecule has 0 radical (unpaired) electrons. The minimum Gasteiger partial charge on any atom is -0.588 e. The standard InChI is InChI=1S/C4H9O4Si/c5-3-1-2-4-8-9(6)7/h5H,1-4H2/q-1. The quantitative estimate of drug-likeness (QED) is 0.383. The first kappa shape index (κ1) is 8.58. The van der Waals surface area contributed by atoms with Gasteiger partial charge >= 0.3 is 9.17 Å². The van der Waals surface area contributed by atoms with Crippen LogP contribution in [-0.2, 0) is 8.89 Å². The Kier molecular flexibility index (Phi) is 5.44. The Morgan fingerprint density at radius 1 is 1.56 bits per heavy atom. The van der Waals surface area contributed by atoms with E-state index in [0.29, 0.717) is 12.8 Å². The lowest BCUT2D eigenvalue weighted by atomic mass is 10.3. The second-order valence-corrected chi connectivity index (χ2v) is 2.32. The van der Waals surface area contributed by atoms with Crippen molar-refractivity contribution in [3.8, 4) is 0 Å². The molecule has 0 saturated heterocycles. The molecule has 0 spiro atoms. The molecule has 0 atom stereocenters. The molecule has 4 nitrogen and oxygen atoms in total. The van der Waals surface area contributed by atoms with E-state index >= 15 is 0 Å². The third kappa shape index (κ3) is 7.58. The minimum atomic E-state index is -3.00. The Balaban J connectivity index is 2.83. The van der Waals surface area contributed by atoms with Gasteiger partial charge in [-0.1, -0.05) is 0 Å². The molecule has 0 unspecified atom stereocenters. The summed E-state index contributed by atoms with van der Waals surface area (Å²) in [7, 11) is -3.00. The highest BCUT2D eigenvalue weighted by molar-refractivity contribution is 6.21. The van der Waals surface area contributed by atoms with E-state index in [-0.39, 0.29) is 13.2 Å². The maximum Gasteiger partial charge on any atom is 0.413 e. The molecule has 0 fully saturated rings. The molecule has 0 aromatic carbocycles. The first-order valence-corrected chi connectivity index (χ1v) is 3.94. The number of rotatable bonds is 5. The first-order chi connectivity index (χ1) is 4.27. The van der Waals surface area contributed by atoms with Crippen LogP contribution in [0.4, 0.5) is 0 Å². The van der Waals surface area contributed by atoms with E-state index in [1.807, 2.05) is 0 Å². The molecule has 0 aliphatic rings. The predicted octanol–water partition coefficient (Wildman–Crippen LogP) is -1.45. The lowest BCUT2D eigenvalue weighted by Crippen LogP contribution is -2.24. The minimum absolute atomic E-state index is 0.0865. The second kappa shape index (κ2) is 5.71. The maximum atomic E-state index is 9.75. The molecule has 0 bridgehead atoms. The molecular formula is C4H9O4Si-. The van der Waals surface area contributed by atoms with E-state index in [1.54, 1.807) is 0 Å². The molecular weight excluding hydrogens is 140 g/mol. The van der Waals surface area contributed by atoms with Crippen LogP contribution in [0, 0.1) is 0 Å². The van der Waals surface area contributed by atoms with Crippen LogP contribution in [0.5, 0.6) is 0 Å². The molecule has 0 aromatic rings. The van der Waals surface area contributed by atoms with Crippen LogP contribution in [-0.4, -0.2) is 27.5 Å². The number of aliphatic hydroxyl groups is 1. The Morgan fingerprint density at radius 2 is 2.22 bits per heavy atom. The Morgan fingerprint density at radius 3 is 2.67 bits per heavy atom. The fourth-order valence-corrected chi connectivity index (χ4v) is 0.680. The van der Waals surface area contributed by atoms with Crippen LogP contribution in [0.3, 0.4) is 0 Å². The van der Waals surface area contributed by atoms with Crippen molar-refractivity contribution in [2.75, 3.05) is 13.2 Å². The van der Waals surface area contributed by atoms with Crippen LogP contribution >= 0.6 is 0 Å². The highest BCUT2D eigenvalue weighted by Crippen LogP contribution is 1.85. The van der Waals surface area contributed by atoms with Crippen LogP contribution < -0.4 is 4.80 Å². The van der Waals surface area contributed by atoms with E-state index in [4.69, 9.17) is 5.11 Å². The second-order valence-electron chi connectivity index (χ2n) is 1.53. The largest absolute Gasteiger partial charge is 0.588 e. The molecule has 0 heterocycles. The number of hydrogen-bond acceptors (Lipinski definition) is 4. The summed E-state index contributed by atoms with van der Waals surface area (Å²) in [6.07, 6.45) is 1.18. The van der Waals surface area contributed by atoms with Crippen molar-refractivity contribution in [3.05, 3.63) is 0 Å². The number of unbranched alkanes of at least 4 members (excludes halogenated alkanes) is 1. The van der Waals surface area contributed by atoms with Crippen molar-refractivity contribution in [1.29, 1.82) is 0 Å². The van der Waals surface area contributed by atoms with E-state index in [1.165, 1.54) is 0 Å². The highest BCUT2D eigenvalue weighted by Gasteiger charge is 1.86. The van der Waals surface area contributed by atoms with Crippen LogP contribution in [0.1, 0.15) is 12.8 Å². The SMILES string of the molecule is O=[Si]([O-])OCCCCO. The third-order valence-electron chi connectivity index (χ3n) is 0.772. The summed E-state index contributed by atoms with van der Waals surface area (Å²) in [4.78, 5) is 9.75. The normalized spacial score (nSPS) is 9.00. The van der Waals surface area contributed by atoms with Crippen molar-refractivity contribution in [1.82, 2.24) is 0 Å². The molecule has 0 saturated carbocycles. The monoisotopic (exact) mass is 149 g/mol. The molecule has 54 valence electrons. The van der Waals surface area contributed by atoms with Crippen molar-refractivity contribution in [2.45, 2.75) is 12.8 Å². The van der Waals surface area contributed by atoms with Gasteiger partial charge in [-0.15, -0.1) is 0 Å². The summed E-state index contributed by atoms with van der Waals surface area (Å²) in [6.45, 7) is 0.283. The van der Waals surface area contributed by atoms with Gasteiger partial charge in [-0.25, -0.2) is 0 Å². The predicted molar refractivity (Wildman–Crippen MR) is 28.7 cm³/mol. The summed E-state index contributed by atoms with van der Waals surface area (Å²) in [5, 5.41) is 8.23. The molecule has 1 N–H and O–H groups in total. The van der Waals surface area contributed by atoms with Crippen molar-refractivity contribution in [2.24, 2.45) is 0 Å². The number of aliphatic hydroxyl groups excluding tert-OH is 1. The summed E-state index contributed by atoms with van der Waals surface area (Å²) in [5.41, 5.74) is 0. The Labute approximate surface area is 55.0 Å². The first-order valence-electron chi connectivity index (χ1n) is 2.72. The zero-order chi connectivity index (χ0) is 7.11. The molecule has 0 rings (SSSR count). The van der Waals surface area contributed by atoms with Crippen LogP contribution in [0.25, 0.3) is 0 Å². The van der Waals surface area contributed by atoms with Gasteiger partial charge in [0.15, 0.2) is 0 Å². The van der Waals surface area contributed by atoms with Crippen molar-refractivity contribution in [3.63, 3.8) is 0 Å². The molecule has 0 aliphatic carbocycles. The van der Waals surface area contributed by atoms with Gasteiger partial charge in [-0.3, -0.25) is 0 Å². The zero-order valence-corrected chi connectivity index (χ0v) is 6.00. The lowest BCUT2D eigenvalue weighted by molar-refractivity contribution is -0.229. The van der Waals surface area contributed by atoms with Gasteiger partial charge in [0.1, 0.15) is 0 Å². The van der Waals surface area contributed by atoms with Gasteiger partial charge in [-0.2, -0.15) is 0 Å². The lowest BCUT2D eigenvalue weighted by Gasteiger charge is -2.04. The van der Waals surface area contributed by atoms with Gasteiger partial charge in [0.2, 0.25) is 0 Å². The maximum absolute atomic E-state index is 9.75. The van der Waals surface area contributed by atoms with Gasteiger partial charge in [-0.05, 0) is 12.8 Å². The van der Waals surface area contributed by atoms with E-state index in [9.17, 15) is 9.26 Å². The van der Waals surface area contributed by atoms with Crippen LogP contribution in [0.15, 0.2) is 0 Å². The Bertz CT molecular complexity index is 84.6. The average molecular weight is 149 g/mol. The molecule has 0 aliphatic heterocycles. The Hall–Kier alpha value is -0.423. The molecule has 5 heteroatoms. The fraction of sp³-hybridized carbons (Fsp3) is 1.00. The summed E-state index contributed by atoms with van der Waals surface area (Å²) < 4.78 is 14.0. The fourth-order valence-electron chi connectivity index (χ4n) is 0.369. The molecule has 0 aromatic heterocycles.